The summed E-state index contributed by atoms with van der Waals surface area (Å²) in [7, 11) is -3.64. The Morgan fingerprint density at radius 3 is 2.32 bits per heavy atom. The van der Waals surface area contributed by atoms with Crippen molar-refractivity contribution >= 4 is 9.84 Å². The van der Waals surface area contributed by atoms with Crippen molar-refractivity contribution in [3.05, 3.63) is 59.6 Å². The van der Waals surface area contributed by atoms with Crippen LogP contribution in [-0.4, -0.2) is 19.8 Å². The van der Waals surface area contributed by atoms with Gasteiger partial charge in [-0.3, -0.25) is 0 Å². The highest BCUT2D eigenvalue weighted by atomic mass is 32.2. The maximum Gasteiger partial charge on any atom is 0.178 e. The van der Waals surface area contributed by atoms with Gasteiger partial charge in [0.05, 0.1) is 17.2 Å². The maximum absolute atomic E-state index is 14.2. The van der Waals surface area contributed by atoms with E-state index in [1.807, 2.05) is 6.07 Å². The smallest absolute Gasteiger partial charge is 0.178 e. The number of nitrogens with zero attached hydrogens (tertiary/aromatic N) is 2. The average Bonchev–Trinajstić information content (AvgIpc) is 2.95. The van der Waals surface area contributed by atoms with Crippen LogP contribution in [0.1, 0.15) is 11.3 Å². The lowest BCUT2D eigenvalue weighted by Crippen LogP contribution is -2.00. The summed E-state index contributed by atoms with van der Waals surface area (Å²) in [5.41, 5.74) is 2.74. The van der Waals surface area contributed by atoms with Gasteiger partial charge in [-0.15, -0.1) is 0 Å². The maximum atomic E-state index is 14.2. The molecule has 0 unspecified atom stereocenters. The summed E-state index contributed by atoms with van der Waals surface area (Å²) in [6.07, 6.45) is 0.956. The van der Waals surface area contributed by atoms with Crippen LogP contribution < -0.4 is 0 Å². The molecular weight excluding hydrogens is 343 g/mol. The number of hydrogen-bond acceptors (Lipinski definition) is 5. The summed E-state index contributed by atoms with van der Waals surface area (Å²) in [5, 5.41) is 12.9. The fourth-order valence-electron chi connectivity index (χ4n) is 2.57. The molecule has 0 aliphatic carbocycles. The molecular formula is C18H13FN2O3S. The lowest BCUT2D eigenvalue weighted by Gasteiger charge is -2.06. The van der Waals surface area contributed by atoms with E-state index in [4.69, 9.17) is 9.78 Å². The first-order valence-corrected chi connectivity index (χ1v) is 9.17. The van der Waals surface area contributed by atoms with Gasteiger partial charge in [-0.1, -0.05) is 23.4 Å². The molecule has 0 bridgehead atoms. The average molecular weight is 356 g/mol. The molecule has 0 aliphatic rings. The number of halogens is 1. The number of aryl methyl sites for hydroxylation is 1. The van der Waals surface area contributed by atoms with Crippen molar-refractivity contribution in [3.63, 3.8) is 0 Å². The van der Waals surface area contributed by atoms with Gasteiger partial charge in [0.25, 0.3) is 0 Å². The quantitative estimate of drug-likeness (QED) is 0.714. The van der Waals surface area contributed by atoms with Crippen molar-refractivity contribution in [2.24, 2.45) is 0 Å². The Kier molecular flexibility index (Phi) is 4.15. The van der Waals surface area contributed by atoms with E-state index in [-0.39, 0.29) is 4.90 Å². The highest BCUT2D eigenvalue weighted by Gasteiger charge is 2.20. The van der Waals surface area contributed by atoms with E-state index < -0.39 is 15.7 Å². The van der Waals surface area contributed by atoms with Crippen molar-refractivity contribution in [2.75, 3.05) is 6.26 Å². The minimum absolute atomic E-state index is 0.356. The van der Waals surface area contributed by atoms with Crippen LogP contribution in [0.4, 0.5) is 4.39 Å². The van der Waals surface area contributed by atoms with E-state index in [0.717, 1.165) is 12.3 Å². The zero-order valence-corrected chi connectivity index (χ0v) is 14.3. The third-order valence-electron chi connectivity index (χ3n) is 3.77. The zero-order chi connectivity index (χ0) is 18.2. The van der Waals surface area contributed by atoms with E-state index in [0.29, 0.717) is 33.7 Å². The molecule has 2 aromatic carbocycles. The van der Waals surface area contributed by atoms with Gasteiger partial charge < -0.3 is 4.52 Å². The lowest BCUT2D eigenvalue weighted by molar-refractivity contribution is 0.400. The number of nitriles is 1. The number of benzene rings is 2. The first kappa shape index (κ1) is 16.9. The predicted octanol–water partition coefficient (Wildman–Crippen LogP) is 3.73. The van der Waals surface area contributed by atoms with Crippen LogP contribution in [0.3, 0.4) is 0 Å². The molecule has 0 atom stereocenters. The molecule has 3 aromatic rings. The molecule has 0 amide bonds. The molecule has 0 radical (unpaired) electrons. The van der Waals surface area contributed by atoms with Gasteiger partial charge >= 0.3 is 0 Å². The summed E-state index contributed by atoms with van der Waals surface area (Å²) in [5.74, 6) is -0.350. The van der Waals surface area contributed by atoms with E-state index >= 15 is 0 Å². The molecule has 0 spiro atoms. The fraction of sp³-hybridized carbons (Fsp3) is 0.111. The topological polar surface area (TPSA) is 84.0 Å². The van der Waals surface area contributed by atoms with Gasteiger partial charge in [0, 0.05) is 11.8 Å². The second-order valence-corrected chi connectivity index (χ2v) is 7.55. The molecule has 1 aromatic heterocycles. The zero-order valence-electron chi connectivity index (χ0n) is 13.4. The molecule has 0 saturated heterocycles. The third kappa shape index (κ3) is 3.16. The van der Waals surface area contributed by atoms with Crippen molar-refractivity contribution in [3.8, 4) is 28.5 Å². The lowest BCUT2D eigenvalue weighted by atomic mass is 9.99. The van der Waals surface area contributed by atoms with E-state index in [1.165, 1.54) is 12.1 Å². The van der Waals surface area contributed by atoms with Crippen LogP contribution >= 0.6 is 0 Å². The van der Waals surface area contributed by atoms with Gasteiger partial charge in [0.1, 0.15) is 22.2 Å². The van der Waals surface area contributed by atoms with Crippen LogP contribution in [0.15, 0.2) is 51.9 Å². The number of sulfone groups is 1. The standard InChI is InChI=1S/C18H13FN2O3S/c1-11-17(14-7-8-16(15(19)9-14)25(2,22)23)18(21-24-11)13-5-3-12(10-20)4-6-13/h3-9H,1-2H3. The molecule has 7 heteroatoms. The van der Waals surface area contributed by atoms with Crippen molar-refractivity contribution in [1.29, 1.82) is 5.26 Å². The normalized spacial score (nSPS) is 11.3. The highest BCUT2D eigenvalue weighted by molar-refractivity contribution is 7.90. The monoisotopic (exact) mass is 356 g/mol. The summed E-state index contributed by atoms with van der Waals surface area (Å²) in [4.78, 5) is -0.356. The SMILES string of the molecule is Cc1onc(-c2ccc(C#N)cc2)c1-c1ccc(S(C)(=O)=O)c(F)c1. The van der Waals surface area contributed by atoms with E-state index in [2.05, 4.69) is 5.16 Å². The second-order valence-electron chi connectivity index (χ2n) is 5.57. The molecule has 25 heavy (non-hydrogen) atoms. The largest absolute Gasteiger partial charge is 0.360 e. The molecule has 0 fully saturated rings. The number of rotatable bonds is 3. The minimum Gasteiger partial charge on any atom is -0.360 e. The van der Waals surface area contributed by atoms with Crippen LogP contribution in [0.25, 0.3) is 22.4 Å². The number of hydrogen-bond donors (Lipinski definition) is 0. The molecule has 0 saturated carbocycles. The Labute approximate surface area is 144 Å². The summed E-state index contributed by atoms with van der Waals surface area (Å²) < 4.78 is 42.6. The molecule has 0 N–H and O–H groups in total. The van der Waals surface area contributed by atoms with Gasteiger partial charge in [0.2, 0.25) is 0 Å². The molecule has 1 heterocycles. The predicted molar refractivity (Wildman–Crippen MR) is 89.9 cm³/mol. The molecule has 126 valence electrons. The van der Waals surface area contributed by atoms with E-state index in [1.54, 1.807) is 31.2 Å². The number of aromatic nitrogens is 1. The Morgan fingerprint density at radius 2 is 1.76 bits per heavy atom. The van der Waals surface area contributed by atoms with Gasteiger partial charge in [-0.2, -0.15) is 5.26 Å². The Morgan fingerprint density at radius 1 is 1.12 bits per heavy atom. The van der Waals surface area contributed by atoms with Crippen molar-refractivity contribution < 1.29 is 17.3 Å². The van der Waals surface area contributed by atoms with Gasteiger partial charge in [0.15, 0.2) is 9.84 Å². The van der Waals surface area contributed by atoms with Crippen LogP contribution in [-0.2, 0) is 9.84 Å². The van der Waals surface area contributed by atoms with Gasteiger partial charge in [-0.05, 0) is 36.8 Å². The Balaban J connectivity index is 2.14. The summed E-state index contributed by atoms with van der Waals surface area (Å²) in [6.45, 7) is 1.69. The fourth-order valence-corrected chi connectivity index (χ4v) is 3.30. The van der Waals surface area contributed by atoms with Crippen molar-refractivity contribution in [1.82, 2.24) is 5.16 Å². The second kappa shape index (κ2) is 6.15. The molecule has 0 aliphatic heterocycles. The minimum atomic E-state index is -3.64. The van der Waals surface area contributed by atoms with Crippen LogP contribution in [0.2, 0.25) is 0 Å². The summed E-state index contributed by atoms with van der Waals surface area (Å²) in [6, 6.07) is 12.7. The summed E-state index contributed by atoms with van der Waals surface area (Å²) >= 11 is 0. The third-order valence-corrected chi connectivity index (χ3v) is 4.90. The Hall–Kier alpha value is -2.98. The van der Waals surface area contributed by atoms with Crippen LogP contribution in [0, 0.1) is 24.1 Å². The van der Waals surface area contributed by atoms with Gasteiger partial charge in [-0.25, -0.2) is 12.8 Å². The Bertz CT molecular complexity index is 1090. The molecule has 5 nitrogen and oxygen atoms in total. The highest BCUT2D eigenvalue weighted by Crippen LogP contribution is 2.35. The van der Waals surface area contributed by atoms with Crippen LogP contribution in [0.5, 0.6) is 0 Å². The first-order valence-electron chi connectivity index (χ1n) is 7.28. The first-order chi connectivity index (χ1) is 11.8. The van der Waals surface area contributed by atoms with Crippen molar-refractivity contribution in [2.45, 2.75) is 11.8 Å². The molecule has 3 rings (SSSR count). The van der Waals surface area contributed by atoms with E-state index in [9.17, 15) is 12.8 Å².